The van der Waals surface area contributed by atoms with E-state index in [9.17, 15) is 9.90 Å². The molecule has 6 nitrogen and oxygen atoms in total. The van der Waals surface area contributed by atoms with Gasteiger partial charge in [-0.3, -0.25) is 9.69 Å². The second-order valence-electron chi connectivity index (χ2n) is 6.00. The summed E-state index contributed by atoms with van der Waals surface area (Å²) in [4.78, 5) is 16.4. The summed E-state index contributed by atoms with van der Waals surface area (Å²) >= 11 is 0. The van der Waals surface area contributed by atoms with Crippen LogP contribution in [0.15, 0.2) is 41.3 Å². The lowest BCUT2D eigenvalue weighted by Gasteiger charge is -2.21. The van der Waals surface area contributed by atoms with E-state index >= 15 is 0 Å². The lowest BCUT2D eigenvalue weighted by Crippen LogP contribution is -2.30. The van der Waals surface area contributed by atoms with Gasteiger partial charge in [0, 0.05) is 24.8 Å². The van der Waals surface area contributed by atoms with Crippen LogP contribution in [0.3, 0.4) is 0 Å². The zero-order valence-electron chi connectivity index (χ0n) is 13.7. The molecular formula is C18H22N2O4. The third-order valence-corrected chi connectivity index (χ3v) is 4.08. The van der Waals surface area contributed by atoms with Gasteiger partial charge in [-0.15, -0.1) is 0 Å². The Morgan fingerprint density at radius 3 is 2.67 bits per heavy atom. The molecule has 0 bridgehead atoms. The van der Waals surface area contributed by atoms with Crippen molar-refractivity contribution in [3.63, 3.8) is 0 Å². The SMILES string of the molecule is CN(Cc1c(Cc2ccccc2)c[nH]c(=O)c1O)CC1OCCO1. The van der Waals surface area contributed by atoms with Crippen LogP contribution in [0.2, 0.25) is 0 Å². The zero-order chi connectivity index (χ0) is 16.9. The molecule has 0 unspecified atom stereocenters. The van der Waals surface area contributed by atoms with Crippen molar-refractivity contribution < 1.29 is 14.6 Å². The molecule has 6 heteroatoms. The molecule has 0 saturated carbocycles. The second kappa shape index (κ2) is 7.61. The molecule has 0 aliphatic carbocycles. The molecule has 24 heavy (non-hydrogen) atoms. The zero-order valence-corrected chi connectivity index (χ0v) is 13.7. The number of nitrogens with zero attached hydrogens (tertiary/aromatic N) is 1. The minimum Gasteiger partial charge on any atom is -0.503 e. The van der Waals surface area contributed by atoms with E-state index in [1.54, 1.807) is 6.20 Å². The van der Waals surface area contributed by atoms with E-state index in [0.717, 1.165) is 11.1 Å². The van der Waals surface area contributed by atoms with Crippen molar-refractivity contribution in [2.45, 2.75) is 19.3 Å². The van der Waals surface area contributed by atoms with E-state index in [2.05, 4.69) is 4.98 Å². The van der Waals surface area contributed by atoms with Gasteiger partial charge in [0.15, 0.2) is 12.0 Å². The van der Waals surface area contributed by atoms with Crippen LogP contribution < -0.4 is 5.56 Å². The molecular weight excluding hydrogens is 308 g/mol. The van der Waals surface area contributed by atoms with E-state index in [0.29, 0.717) is 38.3 Å². The smallest absolute Gasteiger partial charge is 0.290 e. The highest BCUT2D eigenvalue weighted by atomic mass is 16.7. The van der Waals surface area contributed by atoms with Crippen LogP contribution in [0, 0.1) is 0 Å². The molecule has 1 aromatic heterocycles. The average Bonchev–Trinajstić information content (AvgIpc) is 3.08. The fraction of sp³-hybridized carbons (Fsp3) is 0.389. The topological polar surface area (TPSA) is 74.8 Å². The first-order valence-corrected chi connectivity index (χ1v) is 8.01. The molecule has 0 spiro atoms. The number of aromatic nitrogens is 1. The highest BCUT2D eigenvalue weighted by molar-refractivity contribution is 5.39. The first kappa shape index (κ1) is 16.7. The van der Waals surface area contributed by atoms with Crippen LogP contribution in [0.4, 0.5) is 0 Å². The predicted octanol–water partition coefficient (Wildman–Crippen LogP) is 1.48. The molecule has 1 saturated heterocycles. The predicted molar refractivity (Wildman–Crippen MR) is 90.0 cm³/mol. The number of nitrogens with one attached hydrogen (secondary N) is 1. The van der Waals surface area contributed by atoms with Gasteiger partial charge < -0.3 is 19.6 Å². The average molecular weight is 330 g/mol. The Kier molecular flexibility index (Phi) is 5.30. The molecule has 2 heterocycles. The summed E-state index contributed by atoms with van der Waals surface area (Å²) in [5, 5.41) is 10.2. The largest absolute Gasteiger partial charge is 0.503 e. The van der Waals surface area contributed by atoms with Crippen LogP contribution in [0.25, 0.3) is 0 Å². The lowest BCUT2D eigenvalue weighted by atomic mass is 10.0. The van der Waals surface area contributed by atoms with Crippen molar-refractivity contribution in [3.8, 4) is 5.75 Å². The molecule has 0 radical (unpaired) electrons. The number of H-pyrrole nitrogens is 1. The Labute approximate surface area is 140 Å². The first-order valence-electron chi connectivity index (χ1n) is 8.01. The highest BCUT2D eigenvalue weighted by Crippen LogP contribution is 2.21. The van der Waals surface area contributed by atoms with E-state index in [4.69, 9.17) is 9.47 Å². The summed E-state index contributed by atoms with van der Waals surface area (Å²) < 4.78 is 10.9. The normalized spacial score (nSPS) is 15.2. The number of aromatic amines is 1. The number of pyridine rings is 1. The van der Waals surface area contributed by atoms with E-state index < -0.39 is 5.56 Å². The molecule has 1 aliphatic heterocycles. The molecule has 3 rings (SSSR count). The molecule has 2 aromatic rings. The van der Waals surface area contributed by atoms with Crippen LogP contribution >= 0.6 is 0 Å². The Bertz CT molecular complexity index is 724. The second-order valence-corrected chi connectivity index (χ2v) is 6.00. The van der Waals surface area contributed by atoms with E-state index in [-0.39, 0.29) is 12.0 Å². The molecule has 0 atom stereocenters. The van der Waals surface area contributed by atoms with Crippen LogP contribution in [0.5, 0.6) is 5.75 Å². The monoisotopic (exact) mass is 330 g/mol. The maximum absolute atomic E-state index is 11.8. The van der Waals surface area contributed by atoms with E-state index in [1.807, 2.05) is 42.3 Å². The van der Waals surface area contributed by atoms with Gasteiger partial charge in [-0.25, -0.2) is 0 Å². The molecule has 1 aromatic carbocycles. The Morgan fingerprint density at radius 2 is 1.96 bits per heavy atom. The number of benzene rings is 1. The fourth-order valence-corrected chi connectivity index (χ4v) is 2.85. The minimum absolute atomic E-state index is 0.219. The standard InChI is InChI=1S/C18H22N2O4/c1-20(12-16-23-7-8-24-16)11-15-14(10-19-18(22)17(15)21)9-13-5-3-2-4-6-13/h2-6,10,16,21H,7-9,11-12H2,1H3,(H,19,22). The van der Waals surface area contributed by atoms with Gasteiger partial charge in [0.1, 0.15) is 0 Å². The summed E-state index contributed by atoms with van der Waals surface area (Å²) in [7, 11) is 1.91. The number of likely N-dealkylation sites (N-methyl/N-ethyl adjacent to an activating group) is 1. The molecule has 128 valence electrons. The van der Waals surface area contributed by atoms with E-state index in [1.165, 1.54) is 0 Å². The third-order valence-electron chi connectivity index (χ3n) is 4.08. The summed E-state index contributed by atoms with van der Waals surface area (Å²) in [6.07, 6.45) is 2.07. The minimum atomic E-state index is -0.469. The summed E-state index contributed by atoms with van der Waals surface area (Å²) in [6, 6.07) is 9.96. The van der Waals surface area contributed by atoms with Crippen molar-refractivity contribution in [1.29, 1.82) is 0 Å². The quantitative estimate of drug-likeness (QED) is 0.839. The van der Waals surface area contributed by atoms with Gasteiger partial charge in [-0.2, -0.15) is 0 Å². The van der Waals surface area contributed by atoms with Crippen LogP contribution in [-0.2, 0) is 22.4 Å². The maximum Gasteiger partial charge on any atom is 0.290 e. The Morgan fingerprint density at radius 1 is 1.25 bits per heavy atom. The van der Waals surface area contributed by atoms with Gasteiger partial charge in [0.05, 0.1) is 13.2 Å². The molecule has 1 aliphatic rings. The van der Waals surface area contributed by atoms with Gasteiger partial charge in [0.25, 0.3) is 5.56 Å². The van der Waals surface area contributed by atoms with Gasteiger partial charge >= 0.3 is 0 Å². The number of aromatic hydroxyl groups is 1. The van der Waals surface area contributed by atoms with Gasteiger partial charge in [0.2, 0.25) is 0 Å². The third kappa shape index (κ3) is 4.03. The van der Waals surface area contributed by atoms with Crippen molar-refractivity contribution in [3.05, 3.63) is 63.6 Å². The molecule has 0 amide bonds. The van der Waals surface area contributed by atoms with Crippen molar-refractivity contribution in [1.82, 2.24) is 9.88 Å². The highest BCUT2D eigenvalue weighted by Gasteiger charge is 2.20. The Hall–Kier alpha value is -2.15. The number of hydrogen-bond acceptors (Lipinski definition) is 5. The Balaban J connectivity index is 1.79. The van der Waals surface area contributed by atoms with Gasteiger partial charge in [-0.1, -0.05) is 30.3 Å². The summed E-state index contributed by atoms with van der Waals surface area (Å²) in [5.74, 6) is -0.219. The number of ether oxygens (including phenoxy) is 2. The first-order chi connectivity index (χ1) is 11.6. The molecule has 1 fully saturated rings. The van der Waals surface area contributed by atoms with Gasteiger partial charge in [-0.05, 0) is 24.6 Å². The number of hydrogen-bond donors (Lipinski definition) is 2. The van der Waals surface area contributed by atoms with Crippen molar-refractivity contribution in [2.75, 3.05) is 26.8 Å². The lowest BCUT2D eigenvalue weighted by molar-refractivity contribution is -0.0593. The summed E-state index contributed by atoms with van der Waals surface area (Å²) in [6.45, 7) is 2.24. The van der Waals surface area contributed by atoms with Crippen molar-refractivity contribution >= 4 is 0 Å². The van der Waals surface area contributed by atoms with Crippen molar-refractivity contribution in [2.24, 2.45) is 0 Å². The maximum atomic E-state index is 11.8. The fourth-order valence-electron chi connectivity index (χ4n) is 2.85. The molecule has 2 N–H and O–H groups in total. The van der Waals surface area contributed by atoms with Crippen LogP contribution in [0.1, 0.15) is 16.7 Å². The number of rotatable bonds is 6. The summed E-state index contributed by atoms with van der Waals surface area (Å²) in [5.41, 5.74) is 2.19. The van der Waals surface area contributed by atoms with Crippen LogP contribution in [-0.4, -0.2) is 48.1 Å².